The Bertz CT molecular complexity index is 1590. The maximum atomic E-state index is 14.5. The molecule has 6 nitrogen and oxygen atoms in total. The number of fused-ring (bicyclic) bond motifs is 3. The van der Waals surface area contributed by atoms with Gasteiger partial charge in [0.2, 0.25) is 0 Å². The van der Waals surface area contributed by atoms with Crippen LogP contribution in [-0.4, -0.2) is 38.9 Å². The minimum absolute atomic E-state index is 0.0309. The summed E-state index contributed by atoms with van der Waals surface area (Å²) in [6.45, 7) is 17.0. The van der Waals surface area contributed by atoms with Crippen molar-refractivity contribution in [3.63, 3.8) is 0 Å². The van der Waals surface area contributed by atoms with Gasteiger partial charge in [-0.15, -0.1) is 0 Å². The number of carbonyl (C=O) groups is 4. The third-order valence-corrected chi connectivity index (χ3v) is 10.4. The third kappa shape index (κ3) is 3.87. The van der Waals surface area contributed by atoms with Crippen molar-refractivity contribution >= 4 is 23.1 Å². The Balaban J connectivity index is 1.73. The summed E-state index contributed by atoms with van der Waals surface area (Å²) < 4.78 is 0. The van der Waals surface area contributed by atoms with Crippen molar-refractivity contribution in [3.8, 4) is 16.9 Å². The Morgan fingerprint density at radius 1 is 0.976 bits per heavy atom. The Morgan fingerprint density at radius 3 is 2.10 bits per heavy atom. The zero-order valence-electron chi connectivity index (χ0n) is 26.1. The van der Waals surface area contributed by atoms with Crippen LogP contribution >= 0.6 is 0 Å². The van der Waals surface area contributed by atoms with Gasteiger partial charge >= 0.3 is 0 Å². The van der Waals surface area contributed by atoms with Gasteiger partial charge in [0.25, 0.3) is 0 Å². The molecule has 1 saturated carbocycles. The SMILES string of the molecule is CC(=O)C1C(=O)[C@@]2(O)C(=O)C3C(=O)c4c(O)ccc(-c5ccc(C(C)(C)C)cc5)c4C[C@@]3(C)C[C@@]2(C)C(C(C)C)=C1C. The zero-order chi connectivity index (χ0) is 31.3. The smallest absolute Gasteiger partial charge is 0.192 e. The summed E-state index contributed by atoms with van der Waals surface area (Å²) >= 11 is 0. The predicted molar refractivity (Wildman–Crippen MR) is 161 cm³/mol. The lowest BCUT2D eigenvalue weighted by Gasteiger charge is -2.60. The quantitative estimate of drug-likeness (QED) is 0.337. The molecule has 6 heteroatoms. The first kappa shape index (κ1) is 30.1. The molecule has 2 N–H and O–H groups in total. The molecule has 3 aliphatic carbocycles. The molecular weight excluding hydrogens is 528 g/mol. The molecule has 0 amide bonds. The van der Waals surface area contributed by atoms with Crippen LogP contribution in [0.2, 0.25) is 0 Å². The standard InChI is InChI=1S/C36H42O6/c1-18(2)28-19(3)26(20(4)37)31(40)36(42)32(41)29-30(39)27-24(16-34(29,8)17-35(28,36)9)23(14-15-25(27)38)21-10-12-22(13-11-21)33(5,6)7/h10-15,18,26,29,38,42H,16-17H2,1-9H3/t26?,29?,34-,35-,36+/m0/s1. The van der Waals surface area contributed by atoms with Gasteiger partial charge in [-0.25, -0.2) is 0 Å². The van der Waals surface area contributed by atoms with E-state index in [4.69, 9.17) is 0 Å². The van der Waals surface area contributed by atoms with Crippen molar-refractivity contribution in [2.24, 2.45) is 28.6 Å². The average Bonchev–Trinajstić information content (AvgIpc) is 2.85. The molecule has 5 atom stereocenters. The molecule has 0 heterocycles. The molecular formula is C36H42O6. The average molecular weight is 571 g/mol. The second-order valence-electron chi connectivity index (χ2n) is 14.7. The third-order valence-electron chi connectivity index (χ3n) is 10.4. The first-order chi connectivity index (χ1) is 19.3. The zero-order valence-corrected chi connectivity index (χ0v) is 26.1. The largest absolute Gasteiger partial charge is 0.507 e. The number of hydrogen-bond donors (Lipinski definition) is 2. The molecule has 42 heavy (non-hydrogen) atoms. The Labute approximate surface area is 248 Å². The van der Waals surface area contributed by atoms with E-state index in [9.17, 15) is 29.4 Å². The maximum absolute atomic E-state index is 14.5. The van der Waals surface area contributed by atoms with Crippen molar-refractivity contribution in [2.45, 2.75) is 86.2 Å². The molecule has 0 radical (unpaired) electrons. The normalized spacial score (nSPS) is 31.2. The molecule has 5 rings (SSSR count). The fourth-order valence-electron chi connectivity index (χ4n) is 8.76. The van der Waals surface area contributed by atoms with E-state index >= 15 is 0 Å². The minimum atomic E-state index is -2.53. The molecule has 2 aromatic carbocycles. The Hall–Kier alpha value is -3.38. The number of hydrogen-bond acceptors (Lipinski definition) is 6. The minimum Gasteiger partial charge on any atom is -0.507 e. The van der Waals surface area contributed by atoms with Crippen LogP contribution < -0.4 is 0 Å². The van der Waals surface area contributed by atoms with Gasteiger partial charge in [-0.05, 0) is 71.8 Å². The number of Topliss-reactive ketones (excluding diaryl/α,β-unsaturated/α-hetero) is 4. The predicted octanol–water partition coefficient (Wildman–Crippen LogP) is 6.19. The van der Waals surface area contributed by atoms with E-state index in [1.807, 2.05) is 39.0 Å². The molecule has 0 aromatic heterocycles. The summed E-state index contributed by atoms with van der Waals surface area (Å²) in [6, 6.07) is 11.4. The van der Waals surface area contributed by atoms with Crippen molar-refractivity contribution < 1.29 is 29.4 Å². The second kappa shape index (κ2) is 9.31. The van der Waals surface area contributed by atoms with E-state index in [2.05, 4.69) is 32.9 Å². The van der Waals surface area contributed by atoms with Gasteiger partial charge < -0.3 is 10.2 Å². The topological polar surface area (TPSA) is 109 Å². The van der Waals surface area contributed by atoms with E-state index in [-0.39, 0.29) is 29.1 Å². The number of aliphatic hydroxyl groups is 1. The molecule has 1 fully saturated rings. The summed E-state index contributed by atoms with van der Waals surface area (Å²) in [4.78, 5) is 55.5. The van der Waals surface area contributed by atoms with Crippen LogP contribution in [0.1, 0.15) is 90.2 Å². The van der Waals surface area contributed by atoms with Crippen LogP contribution in [0.4, 0.5) is 0 Å². The highest BCUT2D eigenvalue weighted by Crippen LogP contribution is 2.64. The number of carbonyl (C=O) groups excluding carboxylic acids is 4. The summed E-state index contributed by atoms with van der Waals surface area (Å²) in [5.41, 5.74) is 0.108. The number of phenols is 1. The molecule has 0 bridgehead atoms. The molecule has 0 spiro atoms. The van der Waals surface area contributed by atoms with Crippen molar-refractivity contribution in [2.75, 3.05) is 0 Å². The Morgan fingerprint density at radius 2 is 1.57 bits per heavy atom. The van der Waals surface area contributed by atoms with Crippen molar-refractivity contribution in [1.29, 1.82) is 0 Å². The fourth-order valence-corrected chi connectivity index (χ4v) is 8.76. The number of aromatic hydroxyl groups is 1. The van der Waals surface area contributed by atoms with E-state index in [1.165, 1.54) is 18.6 Å². The Kier molecular flexibility index (Phi) is 6.67. The number of phenolic OH excluding ortho intramolecular Hbond substituents is 1. The van der Waals surface area contributed by atoms with Crippen LogP contribution in [0.5, 0.6) is 5.75 Å². The van der Waals surface area contributed by atoms with E-state index in [1.54, 1.807) is 13.8 Å². The summed E-state index contributed by atoms with van der Waals surface area (Å²) in [5, 5.41) is 23.2. The van der Waals surface area contributed by atoms with Gasteiger partial charge in [0.05, 0.1) is 11.5 Å². The van der Waals surface area contributed by atoms with Gasteiger partial charge in [-0.2, -0.15) is 0 Å². The summed E-state index contributed by atoms with van der Waals surface area (Å²) in [5.74, 6) is -5.70. The monoisotopic (exact) mass is 570 g/mol. The van der Waals surface area contributed by atoms with Crippen molar-refractivity contribution in [1.82, 2.24) is 0 Å². The molecule has 0 saturated heterocycles. The molecule has 2 unspecified atom stereocenters. The maximum Gasteiger partial charge on any atom is 0.192 e. The number of ketones is 4. The van der Waals surface area contributed by atoms with Gasteiger partial charge in [-0.1, -0.05) is 89.9 Å². The molecule has 3 aliphatic rings. The first-order valence-corrected chi connectivity index (χ1v) is 14.8. The lowest BCUT2D eigenvalue weighted by molar-refractivity contribution is -0.183. The highest BCUT2D eigenvalue weighted by Gasteiger charge is 2.73. The first-order valence-electron chi connectivity index (χ1n) is 14.8. The molecule has 0 aliphatic heterocycles. The lowest BCUT2D eigenvalue weighted by atomic mass is 9.41. The van der Waals surface area contributed by atoms with Gasteiger partial charge in [0, 0.05) is 5.41 Å². The van der Waals surface area contributed by atoms with Crippen LogP contribution in [0, 0.1) is 28.6 Å². The summed E-state index contributed by atoms with van der Waals surface area (Å²) in [7, 11) is 0. The fraction of sp³-hybridized carbons (Fsp3) is 0.500. The summed E-state index contributed by atoms with van der Waals surface area (Å²) in [6.07, 6.45) is 0.493. The van der Waals surface area contributed by atoms with Crippen LogP contribution in [-0.2, 0) is 26.2 Å². The van der Waals surface area contributed by atoms with Crippen LogP contribution in [0.3, 0.4) is 0 Å². The van der Waals surface area contributed by atoms with E-state index in [0.717, 1.165) is 16.7 Å². The number of benzene rings is 2. The van der Waals surface area contributed by atoms with Crippen molar-refractivity contribution in [3.05, 3.63) is 64.2 Å². The highest BCUT2D eigenvalue weighted by atomic mass is 16.3. The van der Waals surface area contributed by atoms with Gasteiger partial charge in [0.1, 0.15) is 17.5 Å². The van der Waals surface area contributed by atoms with Crippen LogP contribution in [0.15, 0.2) is 47.5 Å². The number of allylic oxidation sites excluding steroid dienone is 1. The molecule has 222 valence electrons. The molecule has 2 aromatic rings. The van der Waals surface area contributed by atoms with Crippen LogP contribution in [0.25, 0.3) is 11.1 Å². The second-order valence-corrected chi connectivity index (χ2v) is 14.7. The van der Waals surface area contributed by atoms with Gasteiger partial charge in [0.15, 0.2) is 23.0 Å². The highest BCUT2D eigenvalue weighted by molar-refractivity contribution is 6.27. The van der Waals surface area contributed by atoms with Gasteiger partial charge in [-0.3, -0.25) is 19.2 Å². The van der Waals surface area contributed by atoms with E-state index in [0.29, 0.717) is 17.6 Å². The lowest BCUT2D eigenvalue weighted by Crippen LogP contribution is -2.73. The number of rotatable bonds is 3. The van der Waals surface area contributed by atoms with E-state index < -0.39 is 51.4 Å².